The van der Waals surface area contributed by atoms with Gasteiger partial charge in [-0.1, -0.05) is 30.9 Å². The number of halogens is 1. The minimum atomic E-state index is 0. The van der Waals surface area contributed by atoms with Crippen LogP contribution in [-0.4, -0.2) is 40.9 Å². The lowest BCUT2D eigenvalue weighted by molar-refractivity contribution is 0.324. The van der Waals surface area contributed by atoms with Crippen LogP contribution >= 0.6 is 24.0 Å². The minimum Gasteiger partial charge on any atom is -0.493 e. The molecule has 0 aromatic heterocycles. The maximum absolute atomic E-state index is 5.69. The van der Waals surface area contributed by atoms with Gasteiger partial charge in [-0.25, -0.2) is 0 Å². The fourth-order valence-corrected chi connectivity index (χ4v) is 2.59. The molecule has 8 heteroatoms. The number of benzene rings is 2. The van der Waals surface area contributed by atoms with E-state index < -0.39 is 0 Å². The number of methoxy groups -OCH3 is 3. The molecule has 2 rings (SSSR count). The second-order valence-corrected chi connectivity index (χ2v) is 5.67. The van der Waals surface area contributed by atoms with E-state index in [9.17, 15) is 0 Å². The number of hydrogen-bond acceptors (Lipinski definition) is 5. The molecule has 0 radical (unpaired) electrons. The first kappa shape index (κ1) is 24.4. The predicted molar refractivity (Wildman–Crippen MR) is 127 cm³/mol. The van der Waals surface area contributed by atoms with E-state index in [4.69, 9.17) is 18.9 Å². The lowest BCUT2D eigenvalue weighted by Crippen LogP contribution is -2.30. The highest BCUT2D eigenvalue weighted by atomic mass is 127. The van der Waals surface area contributed by atoms with Gasteiger partial charge < -0.3 is 29.6 Å². The Bertz CT molecular complexity index is 802. The highest BCUT2D eigenvalue weighted by Gasteiger charge is 2.14. The first-order chi connectivity index (χ1) is 13.7. The van der Waals surface area contributed by atoms with Gasteiger partial charge in [0.25, 0.3) is 0 Å². The van der Waals surface area contributed by atoms with Gasteiger partial charge in [0.15, 0.2) is 17.5 Å². The van der Waals surface area contributed by atoms with Crippen LogP contribution < -0.4 is 29.6 Å². The molecule has 0 saturated heterocycles. The number of nitrogens with zero attached hydrogens (tertiary/aromatic N) is 1. The highest BCUT2D eigenvalue weighted by molar-refractivity contribution is 14.0. The maximum atomic E-state index is 5.69. The van der Waals surface area contributed by atoms with Gasteiger partial charge in [-0.05, 0) is 6.07 Å². The van der Waals surface area contributed by atoms with Crippen molar-refractivity contribution in [2.24, 2.45) is 4.99 Å². The van der Waals surface area contributed by atoms with Crippen LogP contribution in [0.15, 0.2) is 54.0 Å². The molecule has 2 N–H and O–H groups in total. The van der Waals surface area contributed by atoms with Crippen LogP contribution in [0.25, 0.3) is 0 Å². The summed E-state index contributed by atoms with van der Waals surface area (Å²) in [7, 11) is 6.43. The third kappa shape index (κ3) is 6.74. The summed E-state index contributed by atoms with van der Waals surface area (Å²) >= 11 is 0. The summed E-state index contributed by atoms with van der Waals surface area (Å²) in [6.45, 7) is 4.67. The summed E-state index contributed by atoms with van der Waals surface area (Å²) in [5.41, 5.74) is 1.76. The Kier molecular flexibility index (Phi) is 10.7. The van der Waals surface area contributed by atoms with Crippen molar-refractivity contribution in [2.45, 2.75) is 6.54 Å². The normalized spacial score (nSPS) is 10.4. The van der Waals surface area contributed by atoms with Gasteiger partial charge in [-0.15, -0.1) is 24.0 Å². The summed E-state index contributed by atoms with van der Waals surface area (Å²) in [5.74, 6) is 3.05. The molecular formula is C21H28IN3O4. The van der Waals surface area contributed by atoms with Gasteiger partial charge in [0, 0.05) is 37.0 Å². The summed E-state index contributed by atoms with van der Waals surface area (Å²) < 4.78 is 21.8. The van der Waals surface area contributed by atoms with Crippen molar-refractivity contribution in [1.29, 1.82) is 0 Å². The SMILES string of the molecule is C=CCOc1ccccc1CNC(=NC)Nc1cc(OC)c(OC)c(OC)c1.I. The van der Waals surface area contributed by atoms with E-state index in [0.29, 0.717) is 36.4 Å². The molecule has 158 valence electrons. The summed E-state index contributed by atoms with van der Waals surface area (Å²) in [5, 5.41) is 6.50. The molecule has 0 saturated carbocycles. The number of ether oxygens (including phenoxy) is 4. The van der Waals surface area contributed by atoms with E-state index in [-0.39, 0.29) is 24.0 Å². The Morgan fingerprint density at radius 3 is 2.24 bits per heavy atom. The molecule has 0 aliphatic carbocycles. The second kappa shape index (κ2) is 12.8. The number of para-hydroxylation sites is 1. The minimum absolute atomic E-state index is 0. The van der Waals surface area contributed by atoms with Crippen molar-refractivity contribution in [3.63, 3.8) is 0 Å². The van der Waals surface area contributed by atoms with E-state index in [2.05, 4.69) is 22.2 Å². The topological polar surface area (TPSA) is 73.3 Å². The van der Waals surface area contributed by atoms with Gasteiger partial charge >= 0.3 is 0 Å². The van der Waals surface area contributed by atoms with Crippen molar-refractivity contribution in [3.8, 4) is 23.0 Å². The van der Waals surface area contributed by atoms with Crippen molar-refractivity contribution < 1.29 is 18.9 Å². The number of rotatable bonds is 9. The van der Waals surface area contributed by atoms with Crippen molar-refractivity contribution in [1.82, 2.24) is 5.32 Å². The zero-order chi connectivity index (χ0) is 20.4. The summed E-state index contributed by atoms with van der Waals surface area (Å²) in [6.07, 6.45) is 1.72. The number of guanidine groups is 1. The third-order valence-electron chi connectivity index (χ3n) is 3.93. The zero-order valence-electron chi connectivity index (χ0n) is 17.2. The van der Waals surface area contributed by atoms with Gasteiger partial charge in [-0.2, -0.15) is 0 Å². The number of hydrogen-bond donors (Lipinski definition) is 2. The lowest BCUT2D eigenvalue weighted by Gasteiger charge is -2.17. The molecule has 0 aliphatic heterocycles. The molecule has 7 nitrogen and oxygen atoms in total. The smallest absolute Gasteiger partial charge is 0.203 e. The Labute approximate surface area is 189 Å². The fraction of sp³-hybridized carbons (Fsp3) is 0.286. The first-order valence-electron chi connectivity index (χ1n) is 8.76. The molecule has 2 aromatic carbocycles. The molecule has 2 aromatic rings. The molecule has 0 fully saturated rings. The molecule has 0 heterocycles. The van der Waals surface area contributed by atoms with E-state index >= 15 is 0 Å². The number of nitrogens with one attached hydrogen (secondary N) is 2. The van der Waals surface area contributed by atoms with Gasteiger partial charge in [0.2, 0.25) is 5.75 Å². The maximum Gasteiger partial charge on any atom is 0.203 e. The highest BCUT2D eigenvalue weighted by Crippen LogP contribution is 2.39. The van der Waals surface area contributed by atoms with Crippen molar-refractivity contribution in [3.05, 3.63) is 54.6 Å². The van der Waals surface area contributed by atoms with Gasteiger partial charge in [0.1, 0.15) is 12.4 Å². The van der Waals surface area contributed by atoms with Crippen LogP contribution in [0, 0.1) is 0 Å². The Balaban J connectivity index is 0.00000420. The third-order valence-corrected chi connectivity index (χ3v) is 3.93. The van der Waals surface area contributed by atoms with Crippen molar-refractivity contribution >= 4 is 35.6 Å². The second-order valence-electron chi connectivity index (χ2n) is 5.67. The number of aliphatic imine (C=N–C) groups is 1. The molecule has 0 amide bonds. The largest absolute Gasteiger partial charge is 0.493 e. The monoisotopic (exact) mass is 513 g/mol. The standard InChI is InChI=1S/C21H27N3O4.HI/c1-6-11-28-17-10-8-7-9-15(17)14-23-21(22-2)24-16-12-18(25-3)20(27-5)19(13-16)26-4;/h6-10,12-13H,1,11,14H2,2-5H3,(H2,22,23,24);1H. The molecule has 0 unspecified atom stereocenters. The Hall–Kier alpha value is -2.62. The zero-order valence-corrected chi connectivity index (χ0v) is 19.5. The fourth-order valence-electron chi connectivity index (χ4n) is 2.59. The predicted octanol–water partition coefficient (Wildman–Crippen LogP) is 4.08. The van der Waals surface area contributed by atoms with Crippen LogP contribution in [-0.2, 0) is 6.54 Å². The van der Waals surface area contributed by atoms with E-state index in [1.54, 1.807) is 34.5 Å². The average molecular weight is 513 g/mol. The van der Waals surface area contributed by atoms with E-state index in [1.807, 2.05) is 36.4 Å². The van der Waals surface area contributed by atoms with Gasteiger partial charge in [-0.3, -0.25) is 4.99 Å². The number of anilines is 1. The Morgan fingerprint density at radius 2 is 1.69 bits per heavy atom. The molecule has 29 heavy (non-hydrogen) atoms. The summed E-state index contributed by atoms with van der Waals surface area (Å²) in [4.78, 5) is 4.27. The summed E-state index contributed by atoms with van der Waals surface area (Å²) in [6, 6.07) is 11.5. The average Bonchev–Trinajstić information content (AvgIpc) is 2.74. The van der Waals surface area contributed by atoms with E-state index in [1.165, 1.54) is 0 Å². The molecule has 0 spiro atoms. The molecule has 0 bridgehead atoms. The van der Waals surface area contributed by atoms with Crippen LogP contribution in [0.2, 0.25) is 0 Å². The molecule has 0 aliphatic rings. The van der Waals surface area contributed by atoms with Crippen LogP contribution in [0.3, 0.4) is 0 Å². The van der Waals surface area contributed by atoms with Crippen LogP contribution in [0.1, 0.15) is 5.56 Å². The Morgan fingerprint density at radius 1 is 1.03 bits per heavy atom. The first-order valence-corrected chi connectivity index (χ1v) is 8.76. The van der Waals surface area contributed by atoms with Gasteiger partial charge in [0.05, 0.1) is 21.3 Å². The van der Waals surface area contributed by atoms with Crippen LogP contribution in [0.5, 0.6) is 23.0 Å². The van der Waals surface area contributed by atoms with Crippen LogP contribution in [0.4, 0.5) is 5.69 Å². The quantitative estimate of drug-likeness (QED) is 0.228. The molecular weight excluding hydrogens is 485 g/mol. The van der Waals surface area contributed by atoms with E-state index in [0.717, 1.165) is 17.0 Å². The lowest BCUT2D eigenvalue weighted by atomic mass is 10.2. The van der Waals surface area contributed by atoms with Crippen molar-refractivity contribution in [2.75, 3.05) is 40.3 Å². The molecule has 0 atom stereocenters.